The number of ether oxygens (including phenoxy) is 1. The first kappa shape index (κ1) is 22.4. The lowest BCUT2D eigenvalue weighted by Crippen LogP contribution is -2.44. The zero-order chi connectivity index (χ0) is 23.8. The van der Waals surface area contributed by atoms with Gasteiger partial charge in [-0.15, -0.1) is 0 Å². The van der Waals surface area contributed by atoms with Gasteiger partial charge in [-0.3, -0.25) is 13.6 Å². The monoisotopic (exact) mass is 478 g/mol. The predicted octanol–water partition coefficient (Wildman–Crippen LogP) is 3.82. The van der Waals surface area contributed by atoms with E-state index in [0.717, 1.165) is 5.39 Å². The Labute approximate surface area is 198 Å². The number of hydrogen-bond donors (Lipinski definition) is 0. The molecule has 2 atom stereocenters. The quantitative estimate of drug-likeness (QED) is 0.446. The summed E-state index contributed by atoms with van der Waals surface area (Å²) in [4.78, 5) is 24.4. The number of halogens is 1. The Balaban J connectivity index is 1.56. The van der Waals surface area contributed by atoms with E-state index < -0.39 is 10.8 Å². The summed E-state index contributed by atoms with van der Waals surface area (Å²) in [5.74, 6) is -0.0966. The average molecular weight is 479 g/mol. The number of aromatic nitrogens is 3. The molecule has 1 aliphatic rings. The minimum absolute atomic E-state index is 0.0132. The number of hydrogen-bond acceptors (Lipinski definition) is 5. The van der Waals surface area contributed by atoms with Gasteiger partial charge in [0, 0.05) is 60.0 Å². The Bertz CT molecular complexity index is 1400. The van der Waals surface area contributed by atoms with E-state index in [-0.39, 0.29) is 17.8 Å². The number of carbonyl (C=O) groups is 1. The van der Waals surface area contributed by atoms with Crippen LogP contribution in [0.1, 0.15) is 17.3 Å². The second-order valence-corrected chi connectivity index (χ2v) is 9.58. The van der Waals surface area contributed by atoms with Crippen LogP contribution in [0.2, 0.25) is 0 Å². The molecule has 0 saturated carbocycles. The number of nitrogens with zero attached hydrogens (tertiary/aromatic N) is 4. The number of benzene rings is 2. The third kappa shape index (κ3) is 4.12. The number of fused-ring (bicyclic) bond motifs is 1. The van der Waals surface area contributed by atoms with Gasteiger partial charge in [-0.05, 0) is 25.1 Å². The Morgan fingerprint density at radius 2 is 1.94 bits per heavy atom. The maximum absolute atomic E-state index is 14.2. The van der Waals surface area contributed by atoms with Crippen LogP contribution in [0.25, 0.3) is 28.0 Å². The highest BCUT2D eigenvalue weighted by Crippen LogP contribution is 2.28. The summed E-state index contributed by atoms with van der Waals surface area (Å²) in [5.41, 5.74) is 2.16. The summed E-state index contributed by atoms with van der Waals surface area (Å²) >= 11 is 0. The lowest BCUT2D eigenvalue weighted by molar-refractivity contribution is -0.0124. The van der Waals surface area contributed by atoms with Gasteiger partial charge < -0.3 is 9.64 Å². The van der Waals surface area contributed by atoms with Crippen molar-refractivity contribution >= 4 is 27.6 Å². The van der Waals surface area contributed by atoms with Crippen molar-refractivity contribution in [2.24, 2.45) is 0 Å². The molecular weight excluding hydrogens is 455 g/mol. The molecule has 5 rings (SSSR count). The molecule has 0 radical (unpaired) electrons. The second-order valence-electron chi connectivity index (χ2n) is 8.23. The van der Waals surface area contributed by atoms with Crippen molar-refractivity contribution in [1.82, 2.24) is 19.4 Å². The highest BCUT2D eigenvalue weighted by atomic mass is 32.2. The number of rotatable bonds is 4. The zero-order valence-corrected chi connectivity index (χ0v) is 19.6. The molecule has 2 aromatic heterocycles. The van der Waals surface area contributed by atoms with Crippen molar-refractivity contribution in [3.63, 3.8) is 0 Å². The van der Waals surface area contributed by atoms with E-state index >= 15 is 0 Å². The van der Waals surface area contributed by atoms with Crippen LogP contribution in [0.4, 0.5) is 4.39 Å². The fourth-order valence-corrected chi connectivity index (χ4v) is 4.92. The molecule has 174 valence electrons. The maximum atomic E-state index is 14.2. The van der Waals surface area contributed by atoms with Gasteiger partial charge in [-0.1, -0.05) is 24.3 Å². The molecule has 0 N–H and O–H groups in total. The first-order valence-electron chi connectivity index (χ1n) is 10.9. The molecule has 2 aromatic carbocycles. The van der Waals surface area contributed by atoms with Crippen LogP contribution < -0.4 is 0 Å². The highest BCUT2D eigenvalue weighted by Gasteiger charge is 2.24. The van der Waals surface area contributed by atoms with Crippen molar-refractivity contribution in [3.05, 3.63) is 72.4 Å². The molecule has 3 heterocycles. The summed E-state index contributed by atoms with van der Waals surface area (Å²) in [6.07, 6.45) is 6.43. The lowest BCUT2D eigenvalue weighted by atomic mass is 10.1. The standard InChI is InChI=1S/C25H23FN4O3S/c1-16-14-29(9-10-33-16)24(31)17-7-8-20-22(11-17)30(15-23(20)34(2)32)25-27-12-18(13-28-25)19-5-3-4-6-21(19)26/h3-8,11-13,15-16H,9-10,14H2,1-2H3/t16-,34?/m1/s1. The molecule has 4 aromatic rings. The molecule has 0 spiro atoms. The van der Waals surface area contributed by atoms with Gasteiger partial charge in [0.2, 0.25) is 5.95 Å². The van der Waals surface area contributed by atoms with E-state index in [1.54, 1.807) is 64.6 Å². The molecule has 0 bridgehead atoms. The van der Waals surface area contributed by atoms with E-state index in [1.165, 1.54) is 6.07 Å². The molecule has 1 amide bonds. The minimum atomic E-state index is -1.26. The third-order valence-corrected chi connectivity index (χ3v) is 6.84. The van der Waals surface area contributed by atoms with Gasteiger partial charge in [-0.25, -0.2) is 14.4 Å². The van der Waals surface area contributed by atoms with Gasteiger partial charge in [0.05, 0.1) is 33.9 Å². The van der Waals surface area contributed by atoms with Gasteiger partial charge in [-0.2, -0.15) is 0 Å². The molecule has 9 heteroatoms. The predicted molar refractivity (Wildman–Crippen MR) is 128 cm³/mol. The molecule has 1 fully saturated rings. The topological polar surface area (TPSA) is 77.3 Å². The molecule has 0 aliphatic carbocycles. The van der Waals surface area contributed by atoms with Crippen LogP contribution in [0, 0.1) is 5.82 Å². The molecule has 7 nitrogen and oxygen atoms in total. The minimum Gasteiger partial charge on any atom is -0.375 e. The van der Waals surface area contributed by atoms with Crippen molar-refractivity contribution in [3.8, 4) is 17.1 Å². The fourth-order valence-electron chi connectivity index (χ4n) is 4.19. The Morgan fingerprint density at radius 3 is 2.65 bits per heavy atom. The number of amides is 1. The largest absolute Gasteiger partial charge is 0.375 e. The summed E-state index contributed by atoms with van der Waals surface area (Å²) in [5, 5.41) is 0.759. The fraction of sp³-hybridized carbons (Fsp3) is 0.240. The van der Waals surface area contributed by atoms with Gasteiger partial charge in [0.15, 0.2) is 0 Å². The van der Waals surface area contributed by atoms with Crippen LogP contribution in [0.3, 0.4) is 0 Å². The van der Waals surface area contributed by atoms with E-state index in [0.29, 0.717) is 52.7 Å². The van der Waals surface area contributed by atoms with E-state index in [2.05, 4.69) is 9.97 Å². The Morgan fingerprint density at radius 1 is 1.18 bits per heavy atom. The zero-order valence-electron chi connectivity index (χ0n) is 18.8. The van der Waals surface area contributed by atoms with Gasteiger partial charge in [0.25, 0.3) is 5.91 Å². The van der Waals surface area contributed by atoms with E-state index in [9.17, 15) is 13.4 Å². The van der Waals surface area contributed by atoms with Crippen LogP contribution in [0.15, 0.2) is 66.0 Å². The smallest absolute Gasteiger partial charge is 0.254 e. The number of carbonyl (C=O) groups excluding carboxylic acids is 1. The van der Waals surface area contributed by atoms with Crippen molar-refractivity contribution in [2.45, 2.75) is 17.9 Å². The average Bonchev–Trinajstić information content (AvgIpc) is 3.23. The summed E-state index contributed by atoms with van der Waals surface area (Å²) in [7, 11) is -1.26. The Hall–Kier alpha value is -3.43. The lowest BCUT2D eigenvalue weighted by Gasteiger charge is -2.31. The van der Waals surface area contributed by atoms with Crippen molar-refractivity contribution in [1.29, 1.82) is 0 Å². The summed E-state index contributed by atoms with van der Waals surface area (Å²) < 4.78 is 33.8. The second kappa shape index (κ2) is 9.08. The first-order valence-corrected chi connectivity index (χ1v) is 12.4. The van der Waals surface area contributed by atoms with Gasteiger partial charge >= 0.3 is 0 Å². The van der Waals surface area contributed by atoms with Crippen molar-refractivity contribution in [2.75, 3.05) is 26.0 Å². The van der Waals surface area contributed by atoms with Gasteiger partial charge in [0.1, 0.15) is 5.82 Å². The normalized spacial score (nSPS) is 17.1. The summed E-state index contributed by atoms with van der Waals surface area (Å²) in [6.45, 7) is 3.52. The third-order valence-electron chi connectivity index (χ3n) is 5.89. The maximum Gasteiger partial charge on any atom is 0.254 e. The number of morpholine rings is 1. The van der Waals surface area contributed by atoms with Crippen LogP contribution >= 0.6 is 0 Å². The van der Waals surface area contributed by atoms with Crippen LogP contribution in [0.5, 0.6) is 0 Å². The van der Waals surface area contributed by atoms with E-state index in [1.807, 2.05) is 13.0 Å². The molecule has 1 unspecified atom stereocenters. The highest BCUT2D eigenvalue weighted by molar-refractivity contribution is 7.84. The SMILES string of the molecule is C[C@@H]1CN(C(=O)c2ccc3c(S(C)=O)cn(-c4ncc(-c5ccccc5F)cn4)c3c2)CCO1. The molecular formula is C25H23FN4O3S. The first-order chi connectivity index (χ1) is 16.4. The Kier molecular flexibility index (Phi) is 5.97. The van der Waals surface area contributed by atoms with E-state index in [4.69, 9.17) is 4.74 Å². The molecule has 1 saturated heterocycles. The van der Waals surface area contributed by atoms with Crippen LogP contribution in [-0.4, -0.2) is 61.6 Å². The summed E-state index contributed by atoms with van der Waals surface area (Å²) in [6, 6.07) is 11.8. The van der Waals surface area contributed by atoms with Crippen molar-refractivity contribution < 1.29 is 18.1 Å². The molecule has 34 heavy (non-hydrogen) atoms. The molecule has 1 aliphatic heterocycles. The van der Waals surface area contributed by atoms with Crippen LogP contribution in [-0.2, 0) is 15.5 Å².